The Labute approximate surface area is 121 Å². The number of likely N-dealkylation sites (N-methyl/N-ethyl adjacent to an activating group) is 2. The zero-order chi connectivity index (χ0) is 13.0. The van der Waals surface area contributed by atoms with Crippen LogP contribution in [0.2, 0.25) is 0 Å². The molecule has 1 amide bonds. The Hall–Kier alpha value is -1.06. The van der Waals surface area contributed by atoms with Crippen molar-refractivity contribution >= 4 is 18.3 Å². The maximum atomic E-state index is 12.2. The van der Waals surface area contributed by atoms with Crippen molar-refractivity contribution in [3.63, 3.8) is 0 Å². The van der Waals surface area contributed by atoms with Crippen LogP contribution in [0.3, 0.4) is 0 Å². The summed E-state index contributed by atoms with van der Waals surface area (Å²) in [6, 6.07) is 6.20. The van der Waals surface area contributed by atoms with Crippen LogP contribution in [0.15, 0.2) is 18.2 Å². The summed E-state index contributed by atoms with van der Waals surface area (Å²) in [6.45, 7) is 1.57. The molecule has 0 aromatic heterocycles. The van der Waals surface area contributed by atoms with Crippen LogP contribution in [0.1, 0.15) is 34.3 Å². The van der Waals surface area contributed by atoms with Gasteiger partial charge in [0.2, 0.25) is 0 Å². The van der Waals surface area contributed by atoms with Gasteiger partial charge in [0.25, 0.3) is 5.91 Å². The number of benzene rings is 1. The van der Waals surface area contributed by atoms with Gasteiger partial charge >= 0.3 is 0 Å². The van der Waals surface area contributed by atoms with Gasteiger partial charge in [-0.3, -0.25) is 4.79 Å². The van der Waals surface area contributed by atoms with Gasteiger partial charge < -0.3 is 10.2 Å². The third-order valence-electron chi connectivity index (χ3n) is 3.64. The molecule has 4 heteroatoms. The van der Waals surface area contributed by atoms with Gasteiger partial charge in [-0.05, 0) is 56.0 Å². The first-order valence-electron chi connectivity index (χ1n) is 6.74. The molecule has 0 unspecified atom stereocenters. The molecule has 106 valence electrons. The molecular weight excluding hydrogens is 260 g/mol. The SMILES string of the molecule is CNCCN(C)C(=O)c1ccc2c(c1)CCCC2.Cl. The Balaban J connectivity index is 0.00000180. The van der Waals surface area contributed by atoms with E-state index in [1.54, 1.807) is 4.90 Å². The van der Waals surface area contributed by atoms with Crippen molar-refractivity contribution in [2.45, 2.75) is 25.7 Å². The molecule has 0 heterocycles. The molecule has 0 saturated heterocycles. The number of nitrogens with one attached hydrogen (secondary N) is 1. The highest BCUT2D eigenvalue weighted by Gasteiger charge is 2.15. The number of halogens is 1. The van der Waals surface area contributed by atoms with Gasteiger partial charge in [0.1, 0.15) is 0 Å². The van der Waals surface area contributed by atoms with Crippen molar-refractivity contribution in [3.8, 4) is 0 Å². The fraction of sp³-hybridized carbons (Fsp3) is 0.533. The molecule has 2 rings (SSSR count). The quantitative estimate of drug-likeness (QED) is 0.919. The van der Waals surface area contributed by atoms with Crippen LogP contribution in [-0.4, -0.2) is 38.0 Å². The van der Waals surface area contributed by atoms with Gasteiger partial charge in [-0.1, -0.05) is 6.07 Å². The Bertz CT molecular complexity index is 434. The highest BCUT2D eigenvalue weighted by Crippen LogP contribution is 2.22. The van der Waals surface area contributed by atoms with E-state index in [1.807, 2.05) is 20.2 Å². The zero-order valence-electron chi connectivity index (χ0n) is 11.7. The predicted molar refractivity (Wildman–Crippen MR) is 81.2 cm³/mol. The van der Waals surface area contributed by atoms with Crippen LogP contribution in [0, 0.1) is 0 Å². The summed E-state index contributed by atoms with van der Waals surface area (Å²) < 4.78 is 0. The molecule has 1 aromatic rings. The Morgan fingerprint density at radius 1 is 1.26 bits per heavy atom. The minimum Gasteiger partial charge on any atom is -0.340 e. The monoisotopic (exact) mass is 282 g/mol. The second-order valence-electron chi connectivity index (χ2n) is 5.02. The van der Waals surface area contributed by atoms with Gasteiger partial charge in [0.05, 0.1) is 0 Å². The average Bonchev–Trinajstić information content (AvgIpc) is 2.43. The highest BCUT2D eigenvalue weighted by molar-refractivity contribution is 5.94. The first kappa shape index (κ1) is 16.0. The summed E-state index contributed by atoms with van der Waals surface area (Å²) in [5.74, 6) is 0.124. The topological polar surface area (TPSA) is 32.3 Å². The lowest BCUT2D eigenvalue weighted by Crippen LogP contribution is -2.32. The van der Waals surface area contributed by atoms with Crippen LogP contribution in [0.5, 0.6) is 0 Å². The molecule has 19 heavy (non-hydrogen) atoms. The van der Waals surface area contributed by atoms with Crippen LogP contribution in [0.25, 0.3) is 0 Å². The molecule has 0 spiro atoms. The van der Waals surface area contributed by atoms with Crippen LogP contribution >= 0.6 is 12.4 Å². The number of amides is 1. The second-order valence-corrected chi connectivity index (χ2v) is 5.02. The van der Waals surface area contributed by atoms with Crippen molar-refractivity contribution in [2.24, 2.45) is 0 Å². The maximum absolute atomic E-state index is 12.2. The third kappa shape index (κ3) is 3.95. The standard InChI is InChI=1S/C15H22N2O.ClH/c1-16-9-10-17(2)15(18)14-8-7-12-5-3-4-6-13(12)11-14;/h7-8,11,16H,3-6,9-10H2,1-2H3;1H. The number of hydrogen-bond donors (Lipinski definition) is 1. The third-order valence-corrected chi connectivity index (χ3v) is 3.64. The van der Waals surface area contributed by atoms with Crippen LogP contribution in [0.4, 0.5) is 0 Å². The number of rotatable bonds is 4. The smallest absolute Gasteiger partial charge is 0.253 e. The van der Waals surface area contributed by atoms with Crippen LogP contribution in [-0.2, 0) is 12.8 Å². The first-order valence-corrected chi connectivity index (χ1v) is 6.74. The average molecular weight is 283 g/mol. The number of fused-ring (bicyclic) bond motifs is 1. The molecule has 1 aliphatic carbocycles. The van der Waals surface area contributed by atoms with Gasteiger partial charge in [-0.2, -0.15) is 0 Å². The van der Waals surface area contributed by atoms with E-state index in [2.05, 4.69) is 17.4 Å². The summed E-state index contributed by atoms with van der Waals surface area (Å²) in [4.78, 5) is 14.0. The molecule has 1 aromatic carbocycles. The lowest BCUT2D eigenvalue weighted by Gasteiger charge is -2.20. The molecular formula is C15H23ClN2O. The van der Waals surface area contributed by atoms with E-state index in [0.717, 1.165) is 25.1 Å². The molecule has 1 N–H and O–H groups in total. The number of hydrogen-bond acceptors (Lipinski definition) is 2. The second kappa shape index (κ2) is 7.51. The number of aryl methyl sites for hydroxylation is 2. The summed E-state index contributed by atoms with van der Waals surface area (Å²) in [5, 5.41) is 3.06. The Kier molecular flexibility index (Phi) is 6.32. The van der Waals surface area contributed by atoms with Crippen molar-refractivity contribution in [2.75, 3.05) is 27.2 Å². The van der Waals surface area contributed by atoms with Crippen molar-refractivity contribution in [3.05, 3.63) is 34.9 Å². The fourth-order valence-corrected chi connectivity index (χ4v) is 2.47. The summed E-state index contributed by atoms with van der Waals surface area (Å²) >= 11 is 0. The van der Waals surface area contributed by atoms with E-state index in [0.29, 0.717) is 0 Å². The number of carbonyl (C=O) groups excluding carboxylic acids is 1. The van der Waals surface area contributed by atoms with E-state index in [9.17, 15) is 4.79 Å². The highest BCUT2D eigenvalue weighted by atomic mass is 35.5. The summed E-state index contributed by atoms with van der Waals surface area (Å²) in [7, 11) is 3.76. The van der Waals surface area contributed by atoms with E-state index in [-0.39, 0.29) is 18.3 Å². The number of carbonyl (C=O) groups is 1. The molecule has 0 bridgehead atoms. The molecule has 0 atom stereocenters. The van der Waals surface area contributed by atoms with E-state index < -0.39 is 0 Å². The lowest BCUT2D eigenvalue weighted by atomic mass is 9.90. The maximum Gasteiger partial charge on any atom is 0.253 e. The van der Waals surface area contributed by atoms with E-state index >= 15 is 0 Å². The first-order chi connectivity index (χ1) is 8.72. The molecule has 0 radical (unpaired) electrons. The predicted octanol–water partition coefficient (Wildman–Crippen LogP) is 2.28. The molecule has 0 aliphatic heterocycles. The Morgan fingerprint density at radius 3 is 2.63 bits per heavy atom. The minimum absolute atomic E-state index is 0. The molecule has 0 saturated carbocycles. The normalized spacial score (nSPS) is 13.4. The van der Waals surface area contributed by atoms with Gasteiger partial charge in [0, 0.05) is 25.7 Å². The molecule has 0 fully saturated rings. The largest absolute Gasteiger partial charge is 0.340 e. The van der Waals surface area contributed by atoms with Crippen LogP contribution < -0.4 is 5.32 Å². The summed E-state index contributed by atoms with van der Waals surface area (Å²) in [5.41, 5.74) is 3.62. The summed E-state index contributed by atoms with van der Waals surface area (Å²) in [6.07, 6.45) is 4.82. The van der Waals surface area contributed by atoms with E-state index in [1.165, 1.54) is 30.4 Å². The minimum atomic E-state index is 0. The number of nitrogens with zero attached hydrogens (tertiary/aromatic N) is 1. The van der Waals surface area contributed by atoms with Crippen molar-refractivity contribution in [1.29, 1.82) is 0 Å². The molecule has 1 aliphatic rings. The lowest BCUT2D eigenvalue weighted by molar-refractivity contribution is 0.0796. The van der Waals surface area contributed by atoms with Gasteiger partial charge in [-0.25, -0.2) is 0 Å². The Morgan fingerprint density at radius 2 is 1.95 bits per heavy atom. The fourth-order valence-electron chi connectivity index (χ4n) is 2.47. The van der Waals surface area contributed by atoms with Gasteiger partial charge in [-0.15, -0.1) is 12.4 Å². The van der Waals surface area contributed by atoms with E-state index in [4.69, 9.17) is 0 Å². The van der Waals surface area contributed by atoms with Crippen molar-refractivity contribution < 1.29 is 4.79 Å². The van der Waals surface area contributed by atoms with Crippen molar-refractivity contribution in [1.82, 2.24) is 10.2 Å². The van der Waals surface area contributed by atoms with Gasteiger partial charge in [0.15, 0.2) is 0 Å². The molecule has 3 nitrogen and oxygen atoms in total. The zero-order valence-corrected chi connectivity index (χ0v) is 12.6.